The Hall–Kier alpha value is -2.99. The number of benzene rings is 2. The molecule has 0 radical (unpaired) electrons. The van der Waals surface area contributed by atoms with Crippen molar-refractivity contribution in [1.29, 1.82) is 0 Å². The molecule has 3 aromatic rings. The van der Waals surface area contributed by atoms with Gasteiger partial charge in [0.1, 0.15) is 0 Å². The smallest absolute Gasteiger partial charge is 0.261 e. The van der Waals surface area contributed by atoms with E-state index < -0.39 is 0 Å². The van der Waals surface area contributed by atoms with Crippen LogP contribution in [-0.4, -0.2) is 51.4 Å². The maximum absolute atomic E-state index is 13.9. The molecule has 6 rings (SSSR count). The predicted octanol–water partition coefficient (Wildman–Crippen LogP) is 3.47. The summed E-state index contributed by atoms with van der Waals surface area (Å²) >= 11 is 0. The van der Waals surface area contributed by atoms with Gasteiger partial charge in [0.25, 0.3) is 5.56 Å². The van der Waals surface area contributed by atoms with Crippen molar-refractivity contribution in [1.82, 2.24) is 19.4 Å². The number of hydrogen-bond acceptors (Lipinski definition) is 4. The first kappa shape index (κ1) is 20.6. The number of hydrogen-bond donors (Lipinski definition) is 0. The molecular weight excluding hydrogens is 412 g/mol. The van der Waals surface area contributed by atoms with Crippen LogP contribution in [0, 0.1) is 11.3 Å². The quantitative estimate of drug-likeness (QED) is 0.621. The van der Waals surface area contributed by atoms with E-state index in [9.17, 15) is 9.59 Å². The van der Waals surface area contributed by atoms with Crippen LogP contribution >= 0.6 is 0 Å². The molecule has 170 valence electrons. The van der Waals surface area contributed by atoms with Crippen molar-refractivity contribution in [3.05, 3.63) is 76.8 Å². The van der Waals surface area contributed by atoms with E-state index in [1.165, 1.54) is 5.56 Å². The predicted molar refractivity (Wildman–Crippen MR) is 128 cm³/mol. The first-order valence-electron chi connectivity index (χ1n) is 12.2. The highest BCUT2D eigenvalue weighted by Crippen LogP contribution is 2.50. The van der Waals surface area contributed by atoms with Crippen LogP contribution in [0.3, 0.4) is 0 Å². The molecule has 6 nitrogen and oxygen atoms in total. The van der Waals surface area contributed by atoms with E-state index in [0.717, 1.165) is 57.4 Å². The normalized spacial score (nSPS) is 27.3. The van der Waals surface area contributed by atoms with Gasteiger partial charge in [0.05, 0.1) is 28.7 Å². The molecule has 1 amide bonds. The molecule has 6 heteroatoms. The van der Waals surface area contributed by atoms with E-state index in [1.54, 1.807) is 10.9 Å². The summed E-state index contributed by atoms with van der Waals surface area (Å²) in [5, 5.41) is 0.645. The van der Waals surface area contributed by atoms with Gasteiger partial charge in [-0.3, -0.25) is 19.1 Å². The summed E-state index contributed by atoms with van der Waals surface area (Å²) in [6, 6.07) is 18.0. The van der Waals surface area contributed by atoms with Gasteiger partial charge in [-0.1, -0.05) is 48.9 Å². The van der Waals surface area contributed by atoms with Gasteiger partial charge < -0.3 is 4.90 Å². The fraction of sp³-hybridized carbons (Fsp3) is 0.444. The summed E-state index contributed by atoms with van der Waals surface area (Å²) in [5.74, 6) is 0.752. The zero-order valence-corrected chi connectivity index (χ0v) is 18.9. The van der Waals surface area contributed by atoms with Crippen LogP contribution in [0.25, 0.3) is 10.9 Å². The summed E-state index contributed by atoms with van der Waals surface area (Å²) in [6.07, 6.45) is 5.74. The Balaban J connectivity index is 1.20. The van der Waals surface area contributed by atoms with Crippen molar-refractivity contribution >= 4 is 16.8 Å². The molecule has 2 saturated heterocycles. The monoisotopic (exact) mass is 442 g/mol. The van der Waals surface area contributed by atoms with Crippen molar-refractivity contribution < 1.29 is 4.79 Å². The third-order valence-electron chi connectivity index (χ3n) is 8.15. The summed E-state index contributed by atoms with van der Waals surface area (Å²) in [6.45, 7) is 4.09. The highest BCUT2D eigenvalue weighted by Gasteiger charge is 2.56. The summed E-state index contributed by atoms with van der Waals surface area (Å²) in [7, 11) is 0. The van der Waals surface area contributed by atoms with E-state index >= 15 is 0 Å². The van der Waals surface area contributed by atoms with Crippen molar-refractivity contribution in [2.45, 2.75) is 38.3 Å². The first-order valence-corrected chi connectivity index (χ1v) is 12.2. The molecule has 3 fully saturated rings. The van der Waals surface area contributed by atoms with Gasteiger partial charge >= 0.3 is 0 Å². The second kappa shape index (κ2) is 8.10. The van der Waals surface area contributed by atoms with E-state index in [4.69, 9.17) is 0 Å². The van der Waals surface area contributed by atoms with Crippen LogP contribution in [0.4, 0.5) is 0 Å². The Morgan fingerprint density at radius 2 is 1.85 bits per heavy atom. The number of nitrogens with zero attached hydrogens (tertiary/aromatic N) is 4. The lowest BCUT2D eigenvalue weighted by molar-refractivity contribution is -0.141. The zero-order valence-electron chi connectivity index (χ0n) is 18.9. The summed E-state index contributed by atoms with van der Waals surface area (Å²) in [5.41, 5.74) is 1.77. The second-order valence-electron chi connectivity index (χ2n) is 10.1. The average Bonchev–Trinajstić information content (AvgIpc) is 3.55. The minimum absolute atomic E-state index is 0.00312. The van der Waals surface area contributed by atoms with Crippen LogP contribution in [0.1, 0.15) is 37.3 Å². The molecule has 3 aliphatic rings. The molecule has 3 heterocycles. The van der Waals surface area contributed by atoms with Crippen LogP contribution in [0.5, 0.6) is 0 Å². The Kier molecular flexibility index (Phi) is 5.06. The zero-order chi connectivity index (χ0) is 22.4. The SMILES string of the molecule is O=C(N1CCC(n2cnc3ccccc3c2=O)C1)[C@]12CCC[C@H]1CN(Cc1ccccc1)C2. The number of amides is 1. The van der Waals surface area contributed by atoms with Crippen LogP contribution in [0.2, 0.25) is 0 Å². The standard InChI is InChI=1S/C27H30N4O2/c32-25-23-10-4-5-11-24(23)28-19-31(25)22-12-14-30(17-22)26(33)27-13-6-9-21(27)16-29(18-27)15-20-7-2-1-3-8-20/h1-5,7-8,10-11,19,21-22H,6,9,12-18H2/t21-,22?,27-/m0/s1. The Morgan fingerprint density at radius 3 is 2.73 bits per heavy atom. The third kappa shape index (κ3) is 3.48. The van der Waals surface area contributed by atoms with Crippen molar-refractivity contribution in [2.75, 3.05) is 26.2 Å². The van der Waals surface area contributed by atoms with Gasteiger partial charge in [0, 0.05) is 32.7 Å². The van der Waals surface area contributed by atoms with E-state index in [2.05, 4.69) is 34.1 Å². The van der Waals surface area contributed by atoms with Gasteiger partial charge in [-0.05, 0) is 42.9 Å². The summed E-state index contributed by atoms with van der Waals surface area (Å²) in [4.78, 5) is 36.0. The van der Waals surface area contributed by atoms with Gasteiger partial charge in [-0.15, -0.1) is 0 Å². The molecule has 1 unspecified atom stereocenters. The van der Waals surface area contributed by atoms with Crippen molar-refractivity contribution in [3.8, 4) is 0 Å². The van der Waals surface area contributed by atoms with Crippen LogP contribution in [-0.2, 0) is 11.3 Å². The fourth-order valence-corrected chi connectivity index (χ4v) is 6.52. The molecule has 0 bridgehead atoms. The van der Waals surface area contributed by atoms with Gasteiger partial charge in [-0.25, -0.2) is 4.98 Å². The number of fused-ring (bicyclic) bond motifs is 2. The van der Waals surface area contributed by atoms with Crippen LogP contribution in [0.15, 0.2) is 65.7 Å². The number of para-hydroxylation sites is 1. The number of carbonyl (C=O) groups excluding carboxylic acids is 1. The first-order chi connectivity index (χ1) is 16.1. The minimum Gasteiger partial charge on any atom is -0.340 e. The largest absolute Gasteiger partial charge is 0.340 e. The molecule has 0 spiro atoms. The number of carbonyl (C=O) groups is 1. The molecule has 1 aromatic heterocycles. The maximum Gasteiger partial charge on any atom is 0.261 e. The molecule has 1 aliphatic carbocycles. The average molecular weight is 443 g/mol. The van der Waals surface area contributed by atoms with E-state index in [0.29, 0.717) is 23.8 Å². The topological polar surface area (TPSA) is 58.4 Å². The van der Waals surface area contributed by atoms with Crippen LogP contribution < -0.4 is 5.56 Å². The maximum atomic E-state index is 13.9. The highest BCUT2D eigenvalue weighted by atomic mass is 16.2. The van der Waals surface area contributed by atoms with E-state index in [1.807, 2.05) is 35.2 Å². The highest BCUT2D eigenvalue weighted by molar-refractivity contribution is 5.84. The van der Waals surface area contributed by atoms with Crippen molar-refractivity contribution in [3.63, 3.8) is 0 Å². The number of likely N-dealkylation sites (tertiary alicyclic amines) is 2. The van der Waals surface area contributed by atoms with Gasteiger partial charge in [-0.2, -0.15) is 0 Å². The molecule has 2 aromatic carbocycles. The third-order valence-corrected chi connectivity index (χ3v) is 8.15. The van der Waals surface area contributed by atoms with E-state index in [-0.39, 0.29) is 17.0 Å². The fourth-order valence-electron chi connectivity index (χ4n) is 6.52. The molecule has 0 N–H and O–H groups in total. The molecular formula is C27H30N4O2. The molecule has 3 atom stereocenters. The summed E-state index contributed by atoms with van der Waals surface area (Å²) < 4.78 is 1.75. The molecule has 1 saturated carbocycles. The second-order valence-corrected chi connectivity index (χ2v) is 10.1. The lowest BCUT2D eigenvalue weighted by Gasteiger charge is -2.32. The lowest BCUT2D eigenvalue weighted by Crippen LogP contribution is -2.46. The lowest BCUT2D eigenvalue weighted by atomic mass is 9.79. The minimum atomic E-state index is -0.254. The molecule has 33 heavy (non-hydrogen) atoms. The van der Waals surface area contributed by atoms with Gasteiger partial charge in [0.2, 0.25) is 5.91 Å². The number of rotatable bonds is 4. The number of aromatic nitrogens is 2. The Bertz CT molecular complexity index is 1240. The van der Waals surface area contributed by atoms with Gasteiger partial charge in [0.15, 0.2) is 0 Å². The van der Waals surface area contributed by atoms with Crippen molar-refractivity contribution in [2.24, 2.45) is 11.3 Å². The Labute approximate surface area is 193 Å². The molecule has 2 aliphatic heterocycles. The Morgan fingerprint density at radius 1 is 1.03 bits per heavy atom.